The van der Waals surface area contributed by atoms with Gasteiger partial charge < -0.3 is 10.2 Å². The maximum atomic E-state index is 15.7. The summed E-state index contributed by atoms with van der Waals surface area (Å²) in [7, 11) is 0. The Balaban J connectivity index is 2.39. The Morgan fingerprint density at radius 1 is 1.04 bits per heavy atom. The summed E-state index contributed by atoms with van der Waals surface area (Å²) in [6.07, 6.45) is 0. The molecule has 0 aliphatic heterocycles. The lowest BCUT2D eigenvalue weighted by atomic mass is 9.90. The number of halogens is 1. The molecule has 2 unspecified atom stereocenters. The van der Waals surface area contributed by atoms with Gasteiger partial charge in [-0.05, 0) is 38.5 Å². The molecule has 0 fully saturated rings. The molecule has 4 heteroatoms. The number of rotatable bonds is 7. The molecule has 2 atom stereocenters. The van der Waals surface area contributed by atoms with Crippen molar-refractivity contribution in [2.75, 3.05) is 18.4 Å². The third-order valence-corrected chi connectivity index (χ3v) is 4.23. The van der Waals surface area contributed by atoms with E-state index in [1.54, 1.807) is 0 Å². The van der Waals surface area contributed by atoms with Gasteiger partial charge in [0.25, 0.3) is 5.91 Å². The van der Waals surface area contributed by atoms with Crippen LogP contribution in [0.1, 0.15) is 32.4 Å². The van der Waals surface area contributed by atoms with Crippen molar-refractivity contribution in [2.45, 2.75) is 32.5 Å². The summed E-state index contributed by atoms with van der Waals surface area (Å²) >= 11 is 0. The van der Waals surface area contributed by atoms with Crippen molar-refractivity contribution in [3.05, 3.63) is 66.2 Å². The Labute approximate surface area is 143 Å². The van der Waals surface area contributed by atoms with Gasteiger partial charge >= 0.3 is 0 Å². The molecular weight excluding hydrogens is 303 g/mol. The molecule has 24 heavy (non-hydrogen) atoms. The SMILES string of the molecule is CCN(CC)C(=O)C(C)(F)C(Nc1ccccc1)c1ccccc1. The topological polar surface area (TPSA) is 32.3 Å². The zero-order chi connectivity index (χ0) is 17.6. The molecule has 1 amide bonds. The standard InChI is InChI=1S/C20H25FN2O/c1-4-23(5-2)19(24)20(3,21)18(16-12-8-6-9-13-16)22-17-14-10-7-11-15-17/h6-15,18,22H,4-5H2,1-3H3. The summed E-state index contributed by atoms with van der Waals surface area (Å²) in [6, 6.07) is 17.9. The van der Waals surface area contributed by atoms with Crippen LogP contribution in [0.15, 0.2) is 60.7 Å². The zero-order valence-electron chi connectivity index (χ0n) is 14.5. The van der Waals surface area contributed by atoms with Gasteiger partial charge in [0, 0.05) is 18.8 Å². The first-order valence-electron chi connectivity index (χ1n) is 8.35. The van der Waals surface area contributed by atoms with Crippen molar-refractivity contribution in [2.24, 2.45) is 0 Å². The highest BCUT2D eigenvalue weighted by Gasteiger charge is 2.44. The first-order chi connectivity index (χ1) is 11.5. The minimum Gasteiger partial charge on any atom is -0.375 e. The monoisotopic (exact) mass is 328 g/mol. The molecule has 0 heterocycles. The molecule has 0 bridgehead atoms. The highest BCUT2D eigenvalue weighted by atomic mass is 19.1. The van der Waals surface area contributed by atoms with Crippen LogP contribution in [0.2, 0.25) is 0 Å². The molecule has 0 aliphatic rings. The minimum absolute atomic E-state index is 0.488. The predicted octanol–water partition coefficient (Wildman–Crippen LogP) is 4.44. The van der Waals surface area contributed by atoms with Crippen LogP contribution in [0.4, 0.5) is 10.1 Å². The molecular formula is C20H25FN2O. The van der Waals surface area contributed by atoms with Crippen molar-refractivity contribution >= 4 is 11.6 Å². The van der Waals surface area contributed by atoms with Crippen molar-refractivity contribution in [1.82, 2.24) is 4.90 Å². The summed E-state index contributed by atoms with van der Waals surface area (Å²) in [5.41, 5.74) is -0.544. The third-order valence-electron chi connectivity index (χ3n) is 4.23. The van der Waals surface area contributed by atoms with Crippen LogP contribution in [-0.2, 0) is 4.79 Å². The quantitative estimate of drug-likeness (QED) is 0.815. The van der Waals surface area contributed by atoms with Crippen LogP contribution in [0, 0.1) is 0 Å². The number of nitrogens with one attached hydrogen (secondary N) is 1. The van der Waals surface area contributed by atoms with Crippen LogP contribution in [-0.4, -0.2) is 29.6 Å². The average Bonchev–Trinajstić information content (AvgIpc) is 2.62. The normalized spacial score (nSPS) is 14.5. The van der Waals surface area contributed by atoms with Crippen LogP contribution in [0.3, 0.4) is 0 Å². The molecule has 0 aromatic heterocycles. The van der Waals surface area contributed by atoms with Gasteiger partial charge in [-0.1, -0.05) is 48.5 Å². The number of para-hydroxylation sites is 1. The molecule has 0 saturated carbocycles. The summed E-state index contributed by atoms with van der Waals surface area (Å²) in [4.78, 5) is 14.3. The molecule has 2 aromatic rings. The molecule has 0 aliphatic carbocycles. The fourth-order valence-electron chi connectivity index (χ4n) is 2.82. The van der Waals surface area contributed by atoms with E-state index in [1.165, 1.54) is 11.8 Å². The first-order valence-corrected chi connectivity index (χ1v) is 8.35. The number of amides is 1. The Kier molecular flexibility index (Phi) is 5.96. The van der Waals surface area contributed by atoms with Crippen LogP contribution in [0.25, 0.3) is 0 Å². The Morgan fingerprint density at radius 3 is 2.04 bits per heavy atom. The largest absolute Gasteiger partial charge is 0.375 e. The molecule has 2 aromatic carbocycles. The van der Waals surface area contributed by atoms with Gasteiger partial charge in [-0.15, -0.1) is 0 Å². The minimum atomic E-state index is -2.07. The number of anilines is 1. The van der Waals surface area contributed by atoms with E-state index in [9.17, 15) is 4.79 Å². The lowest BCUT2D eigenvalue weighted by molar-refractivity contribution is -0.143. The molecule has 0 saturated heterocycles. The second-order valence-electron chi connectivity index (χ2n) is 5.91. The first kappa shape index (κ1) is 18.0. The number of hydrogen-bond acceptors (Lipinski definition) is 2. The van der Waals surface area contributed by atoms with Gasteiger partial charge in [0.2, 0.25) is 5.67 Å². The van der Waals surface area contributed by atoms with E-state index in [-0.39, 0.29) is 0 Å². The van der Waals surface area contributed by atoms with E-state index in [4.69, 9.17) is 0 Å². The smallest absolute Gasteiger partial charge is 0.262 e. The maximum absolute atomic E-state index is 15.7. The molecule has 1 N–H and O–H groups in total. The number of carbonyl (C=O) groups is 1. The Bertz CT molecular complexity index is 639. The van der Waals surface area contributed by atoms with Gasteiger partial charge in [0.15, 0.2) is 0 Å². The van der Waals surface area contributed by atoms with Crippen LogP contribution >= 0.6 is 0 Å². The van der Waals surface area contributed by atoms with Gasteiger partial charge in [0.1, 0.15) is 0 Å². The van der Waals surface area contributed by atoms with Crippen LogP contribution in [0.5, 0.6) is 0 Å². The van der Waals surface area contributed by atoms with Gasteiger partial charge in [0.05, 0.1) is 6.04 Å². The molecule has 0 radical (unpaired) electrons. The molecule has 128 valence electrons. The number of alkyl halides is 1. The molecule has 0 spiro atoms. The number of hydrogen-bond donors (Lipinski definition) is 1. The summed E-state index contributed by atoms with van der Waals surface area (Å²) in [5.74, 6) is -0.496. The van der Waals surface area contributed by atoms with E-state index < -0.39 is 17.6 Å². The van der Waals surface area contributed by atoms with E-state index in [1.807, 2.05) is 74.5 Å². The van der Waals surface area contributed by atoms with Crippen molar-refractivity contribution in [3.63, 3.8) is 0 Å². The van der Waals surface area contributed by atoms with Gasteiger partial charge in [-0.2, -0.15) is 0 Å². The van der Waals surface area contributed by atoms with Crippen molar-refractivity contribution in [3.8, 4) is 0 Å². The second-order valence-corrected chi connectivity index (χ2v) is 5.91. The van der Waals surface area contributed by atoms with E-state index in [0.717, 1.165) is 11.3 Å². The maximum Gasteiger partial charge on any atom is 0.262 e. The van der Waals surface area contributed by atoms with Crippen molar-refractivity contribution in [1.29, 1.82) is 0 Å². The number of nitrogens with zero attached hydrogens (tertiary/aromatic N) is 1. The highest BCUT2D eigenvalue weighted by Crippen LogP contribution is 2.34. The average molecular weight is 328 g/mol. The van der Waals surface area contributed by atoms with Gasteiger partial charge in [-0.3, -0.25) is 4.79 Å². The fourth-order valence-corrected chi connectivity index (χ4v) is 2.82. The van der Waals surface area contributed by atoms with E-state index in [0.29, 0.717) is 13.1 Å². The lowest BCUT2D eigenvalue weighted by Crippen LogP contribution is -2.49. The predicted molar refractivity (Wildman–Crippen MR) is 96.7 cm³/mol. The summed E-state index contributed by atoms with van der Waals surface area (Å²) < 4.78 is 15.7. The summed E-state index contributed by atoms with van der Waals surface area (Å²) in [6.45, 7) is 6.06. The Hall–Kier alpha value is -2.36. The van der Waals surface area contributed by atoms with E-state index in [2.05, 4.69) is 5.32 Å². The number of benzene rings is 2. The Morgan fingerprint density at radius 2 is 1.54 bits per heavy atom. The number of carbonyl (C=O) groups excluding carboxylic acids is 1. The van der Waals surface area contributed by atoms with E-state index >= 15 is 4.39 Å². The second kappa shape index (κ2) is 7.95. The fraction of sp³-hybridized carbons (Fsp3) is 0.350. The molecule has 2 rings (SSSR count). The third kappa shape index (κ3) is 3.94. The highest BCUT2D eigenvalue weighted by molar-refractivity contribution is 5.86. The van der Waals surface area contributed by atoms with Crippen molar-refractivity contribution < 1.29 is 9.18 Å². The van der Waals surface area contributed by atoms with Crippen LogP contribution < -0.4 is 5.32 Å². The lowest BCUT2D eigenvalue weighted by Gasteiger charge is -2.35. The summed E-state index contributed by atoms with van der Waals surface area (Å²) in [5, 5.41) is 3.20. The zero-order valence-corrected chi connectivity index (χ0v) is 14.5. The van der Waals surface area contributed by atoms with Gasteiger partial charge in [-0.25, -0.2) is 4.39 Å². The molecule has 3 nitrogen and oxygen atoms in total.